The van der Waals surface area contributed by atoms with Crippen LogP contribution in [0.3, 0.4) is 0 Å². The lowest BCUT2D eigenvalue weighted by Gasteiger charge is -2.45. The maximum absolute atomic E-state index is 10.9. The van der Waals surface area contributed by atoms with Crippen LogP contribution in [0.5, 0.6) is 0 Å². The maximum atomic E-state index is 10.9. The van der Waals surface area contributed by atoms with Crippen LogP contribution in [-0.4, -0.2) is 11.1 Å². The van der Waals surface area contributed by atoms with Crippen LogP contribution < -0.4 is 0 Å². The van der Waals surface area contributed by atoms with Gasteiger partial charge in [0, 0.05) is 6.42 Å². The predicted octanol–water partition coefficient (Wildman–Crippen LogP) is 2.95. The highest BCUT2D eigenvalue weighted by atomic mass is 16.4. The van der Waals surface area contributed by atoms with E-state index in [1.54, 1.807) is 0 Å². The first-order valence-electron chi connectivity index (χ1n) is 7.01. The quantitative estimate of drug-likeness (QED) is 0.587. The van der Waals surface area contributed by atoms with Gasteiger partial charge in [-0.25, -0.2) is 0 Å². The average molecular weight is 232 g/mol. The van der Waals surface area contributed by atoms with Crippen molar-refractivity contribution in [2.24, 2.45) is 40.9 Å². The molecular weight excluding hydrogens is 212 g/mol. The Morgan fingerprint density at radius 2 is 2.18 bits per heavy atom. The molecule has 3 saturated carbocycles. The lowest BCUT2D eigenvalue weighted by Crippen LogP contribution is -2.40. The Bertz CT molecular complexity index is 413. The topological polar surface area (TPSA) is 37.3 Å². The number of hydrogen-bond donors (Lipinski definition) is 1. The fourth-order valence-electron chi connectivity index (χ4n) is 6.08. The zero-order chi connectivity index (χ0) is 11.8. The molecule has 0 aromatic rings. The number of allylic oxidation sites excluding steroid dienone is 2. The summed E-state index contributed by atoms with van der Waals surface area (Å²) in [6.45, 7) is 2.49. The minimum Gasteiger partial charge on any atom is -0.481 e. The summed E-state index contributed by atoms with van der Waals surface area (Å²) in [7, 11) is 0. The van der Waals surface area contributed by atoms with Gasteiger partial charge in [0.1, 0.15) is 0 Å². The van der Waals surface area contributed by atoms with Crippen molar-refractivity contribution in [2.45, 2.75) is 32.6 Å². The van der Waals surface area contributed by atoms with Crippen molar-refractivity contribution in [3.63, 3.8) is 0 Å². The van der Waals surface area contributed by atoms with Crippen molar-refractivity contribution in [2.75, 3.05) is 0 Å². The molecule has 4 aliphatic rings. The summed E-state index contributed by atoms with van der Waals surface area (Å²) in [5.41, 5.74) is 0.527. The van der Waals surface area contributed by atoms with Crippen LogP contribution in [0.15, 0.2) is 12.2 Å². The largest absolute Gasteiger partial charge is 0.481 e. The third-order valence-electron chi connectivity index (χ3n) is 6.62. The van der Waals surface area contributed by atoms with E-state index in [2.05, 4.69) is 19.1 Å². The van der Waals surface area contributed by atoms with Gasteiger partial charge in [-0.2, -0.15) is 0 Å². The van der Waals surface area contributed by atoms with Gasteiger partial charge in [0.25, 0.3) is 0 Å². The second-order valence-corrected chi connectivity index (χ2v) is 6.97. The van der Waals surface area contributed by atoms with E-state index in [0.29, 0.717) is 23.7 Å². The van der Waals surface area contributed by atoms with Crippen molar-refractivity contribution >= 4 is 5.97 Å². The molecule has 1 N–H and O–H groups in total. The van der Waals surface area contributed by atoms with E-state index < -0.39 is 5.97 Å². The number of carboxylic acids is 1. The van der Waals surface area contributed by atoms with Crippen LogP contribution in [0.2, 0.25) is 0 Å². The lowest BCUT2D eigenvalue weighted by molar-refractivity contribution is -0.139. The molecule has 7 atom stereocenters. The highest BCUT2D eigenvalue weighted by molar-refractivity contribution is 5.67. The highest BCUT2D eigenvalue weighted by Gasteiger charge is 2.67. The first-order chi connectivity index (χ1) is 8.10. The van der Waals surface area contributed by atoms with Crippen molar-refractivity contribution in [1.29, 1.82) is 0 Å². The molecule has 0 heterocycles. The molecule has 7 unspecified atom stereocenters. The van der Waals surface area contributed by atoms with E-state index in [9.17, 15) is 4.79 Å². The first kappa shape index (κ1) is 10.2. The van der Waals surface area contributed by atoms with Crippen LogP contribution in [0.4, 0.5) is 0 Å². The monoisotopic (exact) mass is 232 g/mol. The Morgan fingerprint density at radius 1 is 1.35 bits per heavy atom. The van der Waals surface area contributed by atoms with Crippen LogP contribution in [0.1, 0.15) is 32.6 Å². The van der Waals surface area contributed by atoms with E-state index in [4.69, 9.17) is 5.11 Å². The summed E-state index contributed by atoms with van der Waals surface area (Å²) in [6, 6.07) is 0. The van der Waals surface area contributed by atoms with Gasteiger partial charge in [0.15, 0.2) is 0 Å². The Labute approximate surface area is 102 Å². The van der Waals surface area contributed by atoms with E-state index in [1.165, 1.54) is 19.3 Å². The highest BCUT2D eigenvalue weighted by Crippen LogP contribution is 2.73. The molecule has 0 spiro atoms. The minimum atomic E-state index is -0.594. The Kier molecular flexibility index (Phi) is 1.77. The van der Waals surface area contributed by atoms with Crippen LogP contribution in [-0.2, 0) is 4.79 Å². The summed E-state index contributed by atoms with van der Waals surface area (Å²) >= 11 is 0. The van der Waals surface area contributed by atoms with Gasteiger partial charge in [-0.05, 0) is 60.2 Å². The SMILES string of the molecule is CC12C3C=CC(C3)C1C1CC2CC1CC(=O)O. The number of rotatable bonds is 2. The lowest BCUT2D eigenvalue weighted by atomic mass is 9.59. The van der Waals surface area contributed by atoms with Crippen LogP contribution in [0, 0.1) is 40.9 Å². The maximum Gasteiger partial charge on any atom is 0.303 e. The van der Waals surface area contributed by atoms with Crippen molar-refractivity contribution in [3.05, 3.63) is 12.2 Å². The summed E-state index contributed by atoms with van der Waals surface area (Å²) < 4.78 is 0. The molecule has 92 valence electrons. The van der Waals surface area contributed by atoms with Crippen molar-refractivity contribution in [3.8, 4) is 0 Å². The molecule has 17 heavy (non-hydrogen) atoms. The molecule has 0 amide bonds. The van der Waals surface area contributed by atoms with Crippen molar-refractivity contribution < 1.29 is 9.90 Å². The van der Waals surface area contributed by atoms with Gasteiger partial charge in [-0.3, -0.25) is 4.79 Å². The Morgan fingerprint density at radius 3 is 2.94 bits per heavy atom. The van der Waals surface area contributed by atoms with E-state index in [-0.39, 0.29) is 0 Å². The van der Waals surface area contributed by atoms with Gasteiger partial charge in [-0.1, -0.05) is 19.1 Å². The average Bonchev–Trinajstić information content (AvgIpc) is 2.92. The molecule has 2 nitrogen and oxygen atoms in total. The van der Waals surface area contributed by atoms with Gasteiger partial charge in [0.2, 0.25) is 0 Å². The summed E-state index contributed by atoms with van der Waals surface area (Å²) in [4.78, 5) is 10.9. The molecule has 0 aromatic carbocycles. The van der Waals surface area contributed by atoms with Gasteiger partial charge < -0.3 is 5.11 Å². The molecule has 2 heteroatoms. The third kappa shape index (κ3) is 1.05. The standard InChI is InChI=1S/C15H20O2/c1-15-10-3-2-8(4-10)14(15)12-7-11(15)5-9(12)6-13(16)17/h2-3,8-12,14H,4-7H2,1H3,(H,16,17). The predicted molar refractivity (Wildman–Crippen MR) is 64.3 cm³/mol. The third-order valence-corrected chi connectivity index (χ3v) is 6.62. The van der Waals surface area contributed by atoms with Gasteiger partial charge in [-0.15, -0.1) is 0 Å². The van der Waals surface area contributed by atoms with Crippen LogP contribution >= 0.6 is 0 Å². The van der Waals surface area contributed by atoms with E-state index in [1.807, 2.05) is 0 Å². The molecule has 0 aromatic heterocycles. The first-order valence-corrected chi connectivity index (χ1v) is 7.01. The number of carboxylic acid groups (broad SMARTS) is 1. The molecular formula is C15H20O2. The second kappa shape index (κ2) is 2.96. The minimum absolute atomic E-state index is 0.412. The summed E-state index contributed by atoms with van der Waals surface area (Å²) in [5, 5.41) is 9.02. The molecule has 0 saturated heterocycles. The molecule has 4 rings (SSSR count). The number of carbonyl (C=O) groups is 1. The fraction of sp³-hybridized carbons (Fsp3) is 0.800. The van der Waals surface area contributed by atoms with E-state index in [0.717, 1.165) is 23.7 Å². The summed E-state index contributed by atoms with van der Waals surface area (Å²) in [6.07, 6.45) is 9.14. The number of aliphatic carboxylic acids is 1. The molecule has 0 radical (unpaired) electrons. The molecule has 0 aliphatic heterocycles. The smallest absolute Gasteiger partial charge is 0.303 e. The molecule has 4 bridgehead atoms. The Balaban J connectivity index is 1.67. The summed E-state index contributed by atoms with van der Waals surface area (Å²) in [5.74, 6) is 3.78. The van der Waals surface area contributed by atoms with E-state index >= 15 is 0 Å². The normalized spacial score (nSPS) is 57.7. The van der Waals surface area contributed by atoms with Gasteiger partial charge in [0.05, 0.1) is 0 Å². The number of fused-ring (bicyclic) bond motifs is 9. The van der Waals surface area contributed by atoms with Crippen molar-refractivity contribution in [1.82, 2.24) is 0 Å². The molecule has 4 aliphatic carbocycles. The fourth-order valence-corrected chi connectivity index (χ4v) is 6.08. The zero-order valence-electron chi connectivity index (χ0n) is 10.3. The number of hydrogen-bond acceptors (Lipinski definition) is 1. The molecule has 3 fully saturated rings. The van der Waals surface area contributed by atoms with Crippen LogP contribution in [0.25, 0.3) is 0 Å². The van der Waals surface area contributed by atoms with Gasteiger partial charge >= 0.3 is 5.97 Å². The second-order valence-electron chi connectivity index (χ2n) is 6.97. The zero-order valence-corrected chi connectivity index (χ0v) is 10.3. The Hall–Kier alpha value is -0.790.